The van der Waals surface area contributed by atoms with E-state index in [1.807, 2.05) is 49.1 Å². The molecular weight excluding hydrogens is 350 g/mol. The van der Waals surface area contributed by atoms with E-state index in [9.17, 15) is 9.59 Å². The fourth-order valence-electron chi connectivity index (χ4n) is 3.63. The highest BCUT2D eigenvalue weighted by Gasteiger charge is 2.27. The van der Waals surface area contributed by atoms with E-state index in [1.165, 1.54) is 0 Å². The highest BCUT2D eigenvalue weighted by molar-refractivity contribution is 5.84. The van der Waals surface area contributed by atoms with E-state index in [0.717, 1.165) is 37.7 Å². The van der Waals surface area contributed by atoms with Crippen LogP contribution in [0.5, 0.6) is 0 Å². The van der Waals surface area contributed by atoms with Crippen molar-refractivity contribution in [3.05, 3.63) is 48.0 Å². The molecule has 0 saturated heterocycles. The van der Waals surface area contributed by atoms with Crippen molar-refractivity contribution in [3.8, 4) is 0 Å². The second kappa shape index (κ2) is 11.6. The lowest BCUT2D eigenvalue weighted by Crippen LogP contribution is -2.47. The molecule has 0 aliphatic carbocycles. The van der Waals surface area contributed by atoms with Crippen LogP contribution in [0, 0.1) is 0 Å². The molecule has 0 saturated carbocycles. The molecular formula is C23H35N3O2. The summed E-state index contributed by atoms with van der Waals surface area (Å²) in [6.45, 7) is 4.97. The van der Waals surface area contributed by atoms with Gasteiger partial charge in [0, 0.05) is 19.1 Å². The summed E-state index contributed by atoms with van der Waals surface area (Å²) in [6.07, 6.45) is 9.64. The van der Waals surface area contributed by atoms with Gasteiger partial charge in [0.1, 0.15) is 0 Å². The summed E-state index contributed by atoms with van der Waals surface area (Å²) in [4.78, 5) is 27.5. The summed E-state index contributed by atoms with van der Waals surface area (Å²) in [5.41, 5.74) is 7.05. The van der Waals surface area contributed by atoms with Gasteiger partial charge in [-0.15, -0.1) is 0 Å². The number of nitrogens with one attached hydrogen (secondary N) is 1. The minimum atomic E-state index is -0.485. The lowest BCUT2D eigenvalue weighted by Gasteiger charge is -2.31. The van der Waals surface area contributed by atoms with Crippen molar-refractivity contribution >= 4 is 11.8 Å². The lowest BCUT2D eigenvalue weighted by atomic mass is 9.91. The van der Waals surface area contributed by atoms with Gasteiger partial charge >= 0.3 is 0 Å². The number of hydrogen-bond donors (Lipinski definition) is 2. The van der Waals surface area contributed by atoms with Gasteiger partial charge < -0.3 is 16.0 Å². The van der Waals surface area contributed by atoms with E-state index in [0.29, 0.717) is 19.5 Å². The maximum absolute atomic E-state index is 13.4. The lowest BCUT2D eigenvalue weighted by molar-refractivity contribution is -0.135. The van der Waals surface area contributed by atoms with Gasteiger partial charge in [0.25, 0.3) is 0 Å². The zero-order valence-corrected chi connectivity index (χ0v) is 17.3. The Kier molecular flexibility index (Phi) is 9.21. The Morgan fingerprint density at radius 1 is 1.04 bits per heavy atom. The molecule has 2 amide bonds. The van der Waals surface area contributed by atoms with Gasteiger partial charge in [-0.25, -0.2) is 0 Å². The largest absolute Gasteiger partial charge is 0.353 e. The second-order valence-corrected chi connectivity index (χ2v) is 7.82. The smallest absolute Gasteiger partial charge is 0.236 e. The van der Waals surface area contributed by atoms with Gasteiger partial charge in [0.2, 0.25) is 11.8 Å². The zero-order valence-electron chi connectivity index (χ0n) is 17.3. The van der Waals surface area contributed by atoms with Gasteiger partial charge in [-0.2, -0.15) is 0 Å². The molecule has 2 rings (SSSR count). The summed E-state index contributed by atoms with van der Waals surface area (Å²) < 4.78 is 0. The molecule has 5 heteroatoms. The van der Waals surface area contributed by atoms with Crippen LogP contribution in [-0.4, -0.2) is 41.9 Å². The van der Waals surface area contributed by atoms with Crippen LogP contribution in [-0.2, 0) is 9.59 Å². The van der Waals surface area contributed by atoms with Gasteiger partial charge in [-0.1, -0.05) is 42.5 Å². The monoisotopic (exact) mass is 385 g/mol. The summed E-state index contributed by atoms with van der Waals surface area (Å²) in [7, 11) is 0. The van der Waals surface area contributed by atoms with Gasteiger partial charge in [0.05, 0.1) is 12.0 Å². The first-order valence-electron chi connectivity index (χ1n) is 10.5. The van der Waals surface area contributed by atoms with Crippen LogP contribution in [0.2, 0.25) is 0 Å². The number of benzene rings is 1. The van der Waals surface area contributed by atoms with Crippen LogP contribution in [0.15, 0.2) is 42.5 Å². The third-order valence-electron chi connectivity index (χ3n) is 5.31. The van der Waals surface area contributed by atoms with Crippen molar-refractivity contribution in [1.82, 2.24) is 10.2 Å². The average Bonchev–Trinajstić information content (AvgIpc) is 2.69. The Morgan fingerprint density at radius 2 is 1.68 bits per heavy atom. The first-order valence-corrected chi connectivity index (χ1v) is 10.5. The molecule has 1 aromatic carbocycles. The van der Waals surface area contributed by atoms with Crippen LogP contribution < -0.4 is 11.1 Å². The SMILES string of the molecule is CC(C)N1CCNC(=O)C(N)CCC/C=C/CCCC(c2ccccc2)C1=O. The predicted octanol–water partition coefficient (Wildman–Crippen LogP) is 3.36. The Hall–Kier alpha value is -2.14. The molecule has 5 nitrogen and oxygen atoms in total. The number of rotatable bonds is 2. The third-order valence-corrected chi connectivity index (χ3v) is 5.31. The molecule has 1 heterocycles. The molecule has 0 fully saturated rings. The van der Waals surface area contributed by atoms with Gasteiger partial charge in [-0.3, -0.25) is 9.59 Å². The van der Waals surface area contributed by atoms with Crippen molar-refractivity contribution in [3.63, 3.8) is 0 Å². The summed E-state index contributed by atoms with van der Waals surface area (Å²) >= 11 is 0. The minimum absolute atomic E-state index is 0.0723. The van der Waals surface area contributed by atoms with E-state index in [1.54, 1.807) is 0 Å². The number of amides is 2. The molecule has 2 atom stereocenters. The van der Waals surface area contributed by atoms with E-state index >= 15 is 0 Å². The van der Waals surface area contributed by atoms with E-state index in [4.69, 9.17) is 5.73 Å². The van der Waals surface area contributed by atoms with Crippen LogP contribution in [0.25, 0.3) is 0 Å². The normalized spacial score (nSPS) is 24.8. The van der Waals surface area contributed by atoms with Crippen LogP contribution in [0.1, 0.15) is 63.9 Å². The van der Waals surface area contributed by atoms with Crippen LogP contribution in [0.3, 0.4) is 0 Å². The topological polar surface area (TPSA) is 75.4 Å². The standard InChI is InChI=1S/C23H35N3O2/c1-18(2)26-17-16-25-22(27)21(24)15-11-6-4-3-5-10-14-20(23(26)28)19-12-8-7-9-13-19/h3-4,7-9,12-13,18,20-21H,5-6,10-11,14-17,24H2,1-2H3,(H,25,27)/b4-3+. The molecule has 0 bridgehead atoms. The van der Waals surface area contributed by atoms with E-state index in [2.05, 4.69) is 17.5 Å². The second-order valence-electron chi connectivity index (χ2n) is 7.82. The van der Waals surface area contributed by atoms with E-state index < -0.39 is 6.04 Å². The number of hydrogen-bond acceptors (Lipinski definition) is 3. The van der Waals surface area contributed by atoms with Crippen LogP contribution >= 0.6 is 0 Å². The molecule has 1 aliphatic rings. The molecule has 3 N–H and O–H groups in total. The number of carbonyl (C=O) groups excluding carboxylic acids is 2. The Balaban J connectivity index is 2.19. The molecule has 1 aliphatic heterocycles. The van der Waals surface area contributed by atoms with E-state index in [-0.39, 0.29) is 23.8 Å². The summed E-state index contributed by atoms with van der Waals surface area (Å²) in [5.74, 6) is -0.148. The minimum Gasteiger partial charge on any atom is -0.353 e. The number of nitrogens with zero attached hydrogens (tertiary/aromatic N) is 1. The van der Waals surface area contributed by atoms with Crippen molar-refractivity contribution in [2.45, 2.75) is 70.4 Å². The quantitative estimate of drug-likeness (QED) is 0.767. The highest BCUT2D eigenvalue weighted by Crippen LogP contribution is 2.25. The molecule has 0 spiro atoms. The predicted molar refractivity (Wildman–Crippen MR) is 114 cm³/mol. The Bertz CT molecular complexity index is 643. The molecule has 154 valence electrons. The first-order chi connectivity index (χ1) is 13.5. The summed E-state index contributed by atoms with van der Waals surface area (Å²) in [5, 5.41) is 2.90. The average molecular weight is 386 g/mol. The maximum atomic E-state index is 13.4. The molecule has 1 aromatic rings. The van der Waals surface area contributed by atoms with Crippen molar-refractivity contribution in [1.29, 1.82) is 0 Å². The van der Waals surface area contributed by atoms with Crippen molar-refractivity contribution in [2.24, 2.45) is 5.73 Å². The van der Waals surface area contributed by atoms with Crippen molar-refractivity contribution in [2.75, 3.05) is 13.1 Å². The number of allylic oxidation sites excluding steroid dienone is 2. The maximum Gasteiger partial charge on any atom is 0.236 e. The van der Waals surface area contributed by atoms with Gasteiger partial charge in [-0.05, 0) is 57.9 Å². The first kappa shape index (κ1) is 22.2. The molecule has 0 aromatic heterocycles. The Labute approximate surface area is 169 Å². The fourth-order valence-corrected chi connectivity index (χ4v) is 3.63. The Morgan fingerprint density at radius 3 is 2.32 bits per heavy atom. The summed E-state index contributed by atoms with van der Waals surface area (Å²) in [6, 6.07) is 9.62. The number of nitrogens with two attached hydrogens (primary N) is 1. The van der Waals surface area contributed by atoms with Crippen LogP contribution in [0.4, 0.5) is 0 Å². The van der Waals surface area contributed by atoms with Gasteiger partial charge in [0.15, 0.2) is 0 Å². The molecule has 2 unspecified atom stereocenters. The zero-order chi connectivity index (χ0) is 20.4. The fraction of sp³-hybridized carbons (Fsp3) is 0.565. The molecule has 0 radical (unpaired) electrons. The molecule has 28 heavy (non-hydrogen) atoms. The highest BCUT2D eigenvalue weighted by atomic mass is 16.2. The third kappa shape index (κ3) is 6.79. The van der Waals surface area contributed by atoms with Crippen molar-refractivity contribution < 1.29 is 9.59 Å². The number of carbonyl (C=O) groups is 2.